The summed E-state index contributed by atoms with van der Waals surface area (Å²) in [5.41, 5.74) is 1.24. The highest BCUT2D eigenvalue weighted by Crippen LogP contribution is 2.27. The van der Waals surface area contributed by atoms with E-state index in [1.54, 1.807) is 0 Å². The topological polar surface area (TPSA) is 54.3 Å². The molecule has 2 aliphatic rings. The van der Waals surface area contributed by atoms with Crippen molar-refractivity contribution >= 4 is 22.7 Å². The van der Waals surface area contributed by atoms with Crippen LogP contribution in [0.1, 0.15) is 51.4 Å². The van der Waals surface area contributed by atoms with Crippen molar-refractivity contribution in [1.82, 2.24) is 14.8 Å². The molecule has 5 nitrogen and oxygen atoms in total. The molecule has 2 fully saturated rings. The van der Waals surface area contributed by atoms with Gasteiger partial charge in [-0.25, -0.2) is 0 Å². The minimum Gasteiger partial charge on any atom is -0.356 e. The molecule has 0 spiro atoms. The van der Waals surface area contributed by atoms with Gasteiger partial charge in [0.15, 0.2) is 0 Å². The highest BCUT2D eigenvalue weighted by molar-refractivity contribution is 5.83. The summed E-state index contributed by atoms with van der Waals surface area (Å²) in [5, 5.41) is 4.36. The molecule has 1 aliphatic carbocycles. The molecule has 4 rings (SSSR count). The smallest absolute Gasteiger partial charge is 0.224 e. The number of nitrogens with one attached hydrogen (secondary N) is 1. The molecular weight excluding hydrogens is 362 g/mol. The first kappa shape index (κ1) is 20.0. The van der Waals surface area contributed by atoms with Crippen LogP contribution >= 0.6 is 0 Å². The third kappa shape index (κ3) is 5.01. The van der Waals surface area contributed by atoms with Gasteiger partial charge < -0.3 is 14.8 Å². The van der Waals surface area contributed by atoms with Crippen LogP contribution in [0.25, 0.3) is 10.9 Å². The van der Waals surface area contributed by atoms with Crippen molar-refractivity contribution in [1.29, 1.82) is 0 Å². The lowest BCUT2D eigenvalue weighted by Crippen LogP contribution is -2.47. The lowest BCUT2D eigenvalue weighted by molar-refractivity contribution is -0.139. The molecule has 156 valence electrons. The van der Waals surface area contributed by atoms with Gasteiger partial charge in [0.05, 0.1) is 5.92 Å². The quantitative estimate of drug-likeness (QED) is 0.722. The number of piperidine rings is 1. The van der Waals surface area contributed by atoms with Crippen molar-refractivity contribution in [3.05, 3.63) is 36.5 Å². The fourth-order valence-corrected chi connectivity index (χ4v) is 4.93. The molecule has 0 bridgehead atoms. The predicted octanol–water partition coefficient (Wildman–Crippen LogP) is 3.97. The normalized spacial score (nSPS) is 20.9. The van der Waals surface area contributed by atoms with Crippen LogP contribution in [0.2, 0.25) is 0 Å². The second-order valence-corrected chi connectivity index (χ2v) is 8.75. The van der Waals surface area contributed by atoms with Gasteiger partial charge in [-0.15, -0.1) is 0 Å². The standard InChI is InChI=1S/C24H33N3O2/c28-23-12-11-21(18-27(23)17-19-7-2-1-3-8-19)24(29)25-14-6-15-26-16-13-20-9-4-5-10-22(20)26/h4-5,9-10,13,16,19,21H,1-3,6-8,11-12,14-15,17-18H2,(H,25,29). The summed E-state index contributed by atoms with van der Waals surface area (Å²) in [6.45, 7) is 3.02. The minimum atomic E-state index is -0.0521. The number of likely N-dealkylation sites (tertiary alicyclic amines) is 1. The second-order valence-electron chi connectivity index (χ2n) is 8.75. The number of rotatable bonds is 7. The van der Waals surface area contributed by atoms with Crippen molar-refractivity contribution in [2.45, 2.75) is 57.9 Å². The Morgan fingerprint density at radius 2 is 1.90 bits per heavy atom. The molecule has 1 aromatic heterocycles. The largest absolute Gasteiger partial charge is 0.356 e. The first-order chi connectivity index (χ1) is 14.2. The van der Waals surface area contributed by atoms with Crippen LogP contribution in [-0.4, -0.2) is 40.9 Å². The van der Waals surface area contributed by atoms with Crippen LogP contribution in [0.4, 0.5) is 0 Å². The molecule has 1 N–H and O–H groups in total. The van der Waals surface area contributed by atoms with E-state index in [9.17, 15) is 9.59 Å². The number of aromatic nitrogens is 1. The van der Waals surface area contributed by atoms with Crippen LogP contribution in [0.15, 0.2) is 36.5 Å². The third-order valence-corrected chi connectivity index (χ3v) is 6.63. The molecule has 1 saturated heterocycles. The van der Waals surface area contributed by atoms with Crippen LogP contribution < -0.4 is 5.32 Å². The van der Waals surface area contributed by atoms with Crippen LogP contribution in [0.5, 0.6) is 0 Å². The Labute approximate surface area is 173 Å². The van der Waals surface area contributed by atoms with Gasteiger partial charge in [-0.2, -0.15) is 0 Å². The maximum Gasteiger partial charge on any atom is 0.224 e. The van der Waals surface area contributed by atoms with E-state index in [1.165, 1.54) is 43.0 Å². The lowest BCUT2D eigenvalue weighted by Gasteiger charge is -2.35. The van der Waals surface area contributed by atoms with Crippen molar-refractivity contribution in [3.8, 4) is 0 Å². The zero-order valence-electron chi connectivity index (χ0n) is 17.3. The minimum absolute atomic E-state index is 0.0521. The first-order valence-corrected chi connectivity index (χ1v) is 11.3. The fraction of sp³-hybridized carbons (Fsp3) is 0.583. The Morgan fingerprint density at radius 1 is 1.07 bits per heavy atom. The van der Waals surface area contributed by atoms with Gasteiger partial charge in [0, 0.05) is 44.3 Å². The number of fused-ring (bicyclic) bond motifs is 1. The number of para-hydroxylation sites is 1. The molecule has 2 aromatic rings. The molecule has 1 aromatic carbocycles. The molecule has 1 aliphatic heterocycles. The molecule has 2 heterocycles. The number of benzene rings is 1. The van der Waals surface area contributed by atoms with Gasteiger partial charge in [0.25, 0.3) is 0 Å². The SMILES string of the molecule is O=C(NCCCn1ccc2ccccc21)C1CCC(=O)N(CC2CCCCC2)C1. The number of carbonyl (C=O) groups is 2. The number of carbonyl (C=O) groups excluding carboxylic acids is 2. The molecule has 2 amide bonds. The number of nitrogens with zero attached hydrogens (tertiary/aromatic N) is 2. The molecule has 1 unspecified atom stereocenters. The highest BCUT2D eigenvalue weighted by Gasteiger charge is 2.31. The molecule has 29 heavy (non-hydrogen) atoms. The van der Waals surface area contributed by atoms with Gasteiger partial charge in [-0.3, -0.25) is 9.59 Å². The zero-order valence-corrected chi connectivity index (χ0v) is 17.3. The monoisotopic (exact) mass is 395 g/mol. The van der Waals surface area contributed by atoms with Crippen LogP contribution in [0.3, 0.4) is 0 Å². The van der Waals surface area contributed by atoms with E-state index in [4.69, 9.17) is 0 Å². The van der Waals surface area contributed by atoms with E-state index < -0.39 is 0 Å². The van der Waals surface area contributed by atoms with Gasteiger partial charge in [0.2, 0.25) is 11.8 Å². The molecule has 1 atom stereocenters. The van der Waals surface area contributed by atoms with Gasteiger partial charge in [-0.1, -0.05) is 37.5 Å². The Bertz CT molecular complexity index is 838. The predicted molar refractivity (Wildman–Crippen MR) is 115 cm³/mol. The van der Waals surface area contributed by atoms with Crippen LogP contribution in [-0.2, 0) is 16.1 Å². The Balaban J connectivity index is 1.22. The van der Waals surface area contributed by atoms with E-state index in [-0.39, 0.29) is 17.7 Å². The van der Waals surface area contributed by atoms with Crippen molar-refractivity contribution < 1.29 is 9.59 Å². The number of hydrogen-bond acceptors (Lipinski definition) is 2. The van der Waals surface area contributed by atoms with E-state index in [2.05, 4.69) is 46.4 Å². The number of hydrogen-bond donors (Lipinski definition) is 1. The Morgan fingerprint density at radius 3 is 2.76 bits per heavy atom. The van der Waals surface area contributed by atoms with Crippen molar-refractivity contribution in [2.24, 2.45) is 11.8 Å². The van der Waals surface area contributed by atoms with E-state index in [0.717, 1.165) is 19.5 Å². The summed E-state index contributed by atoms with van der Waals surface area (Å²) < 4.78 is 2.24. The zero-order chi connectivity index (χ0) is 20.1. The fourth-order valence-electron chi connectivity index (χ4n) is 4.93. The van der Waals surface area contributed by atoms with Gasteiger partial charge in [-0.05, 0) is 49.1 Å². The summed E-state index contributed by atoms with van der Waals surface area (Å²) >= 11 is 0. The summed E-state index contributed by atoms with van der Waals surface area (Å²) in [4.78, 5) is 27.0. The summed E-state index contributed by atoms with van der Waals surface area (Å²) in [6.07, 6.45) is 10.6. The average Bonchev–Trinajstić information content (AvgIpc) is 3.16. The Kier molecular flexibility index (Phi) is 6.53. The van der Waals surface area contributed by atoms with Crippen molar-refractivity contribution in [3.63, 3.8) is 0 Å². The van der Waals surface area contributed by atoms with E-state index in [0.29, 0.717) is 31.8 Å². The van der Waals surface area contributed by atoms with Crippen molar-refractivity contribution in [2.75, 3.05) is 19.6 Å². The first-order valence-electron chi connectivity index (χ1n) is 11.3. The number of amides is 2. The van der Waals surface area contributed by atoms with Crippen LogP contribution in [0, 0.1) is 11.8 Å². The average molecular weight is 396 g/mol. The molecule has 1 saturated carbocycles. The summed E-state index contributed by atoms with van der Waals surface area (Å²) in [5.74, 6) is 0.928. The summed E-state index contributed by atoms with van der Waals surface area (Å²) in [6, 6.07) is 10.5. The summed E-state index contributed by atoms with van der Waals surface area (Å²) in [7, 11) is 0. The second kappa shape index (κ2) is 9.47. The van der Waals surface area contributed by atoms with E-state index >= 15 is 0 Å². The Hall–Kier alpha value is -2.30. The highest BCUT2D eigenvalue weighted by atomic mass is 16.2. The molecule has 0 radical (unpaired) electrons. The maximum atomic E-state index is 12.7. The van der Waals surface area contributed by atoms with Gasteiger partial charge in [0.1, 0.15) is 0 Å². The van der Waals surface area contributed by atoms with Gasteiger partial charge >= 0.3 is 0 Å². The third-order valence-electron chi connectivity index (χ3n) is 6.63. The number of aryl methyl sites for hydroxylation is 1. The maximum absolute atomic E-state index is 12.7. The molecular formula is C24H33N3O2. The van der Waals surface area contributed by atoms with E-state index in [1.807, 2.05) is 4.90 Å². The lowest BCUT2D eigenvalue weighted by atomic mass is 9.87. The molecule has 5 heteroatoms.